The molecule has 0 spiro atoms. The predicted octanol–water partition coefficient (Wildman–Crippen LogP) is 3.08. The molecule has 0 aromatic carbocycles. The third kappa shape index (κ3) is 4.94. The van der Waals surface area contributed by atoms with Crippen LogP contribution in [-0.2, 0) is 11.3 Å². The number of hydrogen-bond acceptors (Lipinski definition) is 4. The number of rotatable bonds is 6. The molecule has 0 saturated carbocycles. The molecule has 1 amide bonds. The van der Waals surface area contributed by atoms with Crippen LogP contribution < -0.4 is 10.1 Å². The topological polar surface area (TPSA) is 54.5 Å². The van der Waals surface area contributed by atoms with Crippen molar-refractivity contribution in [1.29, 1.82) is 0 Å². The van der Waals surface area contributed by atoms with Gasteiger partial charge < -0.3 is 10.1 Å². The van der Waals surface area contributed by atoms with Crippen molar-refractivity contribution in [1.82, 2.24) is 15.2 Å². The Morgan fingerprint density at radius 3 is 2.52 bits per heavy atom. The van der Waals surface area contributed by atoms with Gasteiger partial charge in [0.15, 0.2) is 0 Å². The Hall–Kier alpha value is -1.62. The van der Waals surface area contributed by atoms with Crippen molar-refractivity contribution in [3.05, 3.63) is 23.0 Å². The monoisotopic (exact) mass is 347 g/mol. The number of likely N-dealkylation sites (tertiary alicyclic amines) is 1. The van der Waals surface area contributed by atoms with Crippen LogP contribution in [0, 0.1) is 25.7 Å². The first-order valence-corrected chi connectivity index (χ1v) is 9.35. The first-order chi connectivity index (χ1) is 11.8. The molecular formula is C20H33N3O2. The lowest BCUT2D eigenvalue weighted by Crippen LogP contribution is -2.44. The highest BCUT2D eigenvalue weighted by Gasteiger charge is 2.26. The zero-order chi connectivity index (χ0) is 18.6. The van der Waals surface area contributed by atoms with Gasteiger partial charge in [-0.25, -0.2) is 0 Å². The van der Waals surface area contributed by atoms with Crippen molar-refractivity contribution >= 4 is 5.91 Å². The van der Waals surface area contributed by atoms with Crippen LogP contribution in [0.3, 0.4) is 0 Å². The number of nitrogens with one attached hydrogen (secondary N) is 1. The third-order valence-corrected chi connectivity index (χ3v) is 5.45. The lowest BCUT2D eigenvalue weighted by Gasteiger charge is -2.32. The second kappa shape index (κ2) is 8.65. The highest BCUT2D eigenvalue weighted by Crippen LogP contribution is 2.26. The van der Waals surface area contributed by atoms with Crippen molar-refractivity contribution in [2.75, 3.05) is 20.2 Å². The predicted molar refractivity (Wildman–Crippen MR) is 101 cm³/mol. The maximum atomic E-state index is 12.4. The summed E-state index contributed by atoms with van der Waals surface area (Å²) in [6, 6.07) is 0.234. The molecule has 1 atom stereocenters. The van der Waals surface area contributed by atoms with Crippen LogP contribution in [0.25, 0.3) is 0 Å². The number of methoxy groups -OCH3 is 1. The largest absolute Gasteiger partial charge is 0.496 e. The molecule has 0 radical (unpaired) electrons. The van der Waals surface area contributed by atoms with E-state index >= 15 is 0 Å². The van der Waals surface area contributed by atoms with E-state index in [0.717, 1.165) is 55.0 Å². The Bertz CT molecular complexity index is 593. The first-order valence-electron chi connectivity index (χ1n) is 9.35. The number of hydrogen-bond donors (Lipinski definition) is 1. The zero-order valence-electron chi connectivity index (χ0n) is 16.6. The number of ether oxygens (including phenoxy) is 1. The quantitative estimate of drug-likeness (QED) is 0.859. The highest BCUT2D eigenvalue weighted by molar-refractivity contribution is 5.79. The van der Waals surface area contributed by atoms with Gasteiger partial charge in [0.25, 0.3) is 0 Å². The maximum Gasteiger partial charge on any atom is 0.223 e. The van der Waals surface area contributed by atoms with Crippen LogP contribution in [0.15, 0.2) is 6.20 Å². The fraction of sp³-hybridized carbons (Fsp3) is 0.700. The minimum Gasteiger partial charge on any atom is -0.496 e. The molecule has 1 aliphatic rings. The van der Waals surface area contributed by atoms with E-state index in [9.17, 15) is 4.79 Å². The van der Waals surface area contributed by atoms with Crippen molar-refractivity contribution in [3.63, 3.8) is 0 Å². The van der Waals surface area contributed by atoms with Gasteiger partial charge in [0.05, 0.1) is 12.8 Å². The molecule has 1 aromatic rings. The number of nitrogens with zero attached hydrogens (tertiary/aromatic N) is 2. The summed E-state index contributed by atoms with van der Waals surface area (Å²) in [5.41, 5.74) is 3.25. The van der Waals surface area contributed by atoms with Crippen molar-refractivity contribution in [2.24, 2.45) is 11.8 Å². The van der Waals surface area contributed by atoms with Crippen molar-refractivity contribution in [2.45, 2.75) is 60.0 Å². The SMILES string of the molecule is COc1c(C)cnc(CN2CCC(C(=O)N[C@@H](C)C(C)C)CC2)c1C. The second-order valence-corrected chi connectivity index (χ2v) is 7.64. The lowest BCUT2D eigenvalue weighted by molar-refractivity contribution is -0.127. The van der Waals surface area contributed by atoms with Crippen molar-refractivity contribution < 1.29 is 9.53 Å². The molecule has 2 rings (SSSR count). The Labute approximate surface area is 152 Å². The Kier molecular flexibility index (Phi) is 6.82. The molecule has 0 unspecified atom stereocenters. The van der Waals surface area contributed by atoms with E-state index in [0.29, 0.717) is 5.92 Å². The molecule has 1 saturated heterocycles. The molecule has 1 aliphatic heterocycles. The molecule has 0 bridgehead atoms. The van der Waals surface area contributed by atoms with Gasteiger partial charge in [-0.05, 0) is 52.6 Å². The fourth-order valence-corrected chi connectivity index (χ4v) is 3.30. The van der Waals surface area contributed by atoms with Gasteiger partial charge in [-0.15, -0.1) is 0 Å². The summed E-state index contributed by atoms with van der Waals surface area (Å²) < 4.78 is 5.50. The average Bonchev–Trinajstić information content (AvgIpc) is 2.58. The smallest absolute Gasteiger partial charge is 0.223 e. The first kappa shape index (κ1) is 19.7. The summed E-state index contributed by atoms with van der Waals surface area (Å²) in [5.74, 6) is 1.75. The lowest BCUT2D eigenvalue weighted by atomic mass is 9.94. The van der Waals surface area contributed by atoms with E-state index in [1.165, 1.54) is 0 Å². The van der Waals surface area contributed by atoms with E-state index in [2.05, 4.69) is 42.9 Å². The molecule has 5 heteroatoms. The van der Waals surface area contributed by atoms with E-state index in [-0.39, 0.29) is 17.9 Å². The average molecular weight is 348 g/mol. The van der Waals surface area contributed by atoms with Crippen LogP contribution in [-0.4, -0.2) is 42.0 Å². The van der Waals surface area contributed by atoms with Gasteiger partial charge in [0.2, 0.25) is 5.91 Å². The van der Waals surface area contributed by atoms with Crippen LogP contribution in [0.1, 0.15) is 50.4 Å². The summed E-state index contributed by atoms with van der Waals surface area (Å²) in [5, 5.41) is 3.16. The molecule has 5 nitrogen and oxygen atoms in total. The number of aromatic nitrogens is 1. The Morgan fingerprint density at radius 1 is 1.32 bits per heavy atom. The number of aryl methyl sites for hydroxylation is 1. The molecule has 1 aromatic heterocycles. The molecule has 140 valence electrons. The van der Waals surface area contributed by atoms with Crippen LogP contribution in [0.4, 0.5) is 0 Å². The Balaban J connectivity index is 1.90. The molecule has 1 fully saturated rings. The highest BCUT2D eigenvalue weighted by atomic mass is 16.5. The maximum absolute atomic E-state index is 12.4. The minimum atomic E-state index is 0.138. The standard InChI is InChI=1S/C20H33N3O2/c1-13(2)16(5)22-20(24)17-7-9-23(10-8-17)12-18-15(4)19(25-6)14(3)11-21-18/h11,13,16-17H,7-10,12H2,1-6H3,(H,22,24)/t16-/m0/s1. The summed E-state index contributed by atoms with van der Waals surface area (Å²) in [6.45, 7) is 13.1. The Morgan fingerprint density at radius 2 is 1.96 bits per heavy atom. The number of pyridine rings is 1. The van der Waals surface area contributed by atoms with E-state index in [1.807, 2.05) is 13.1 Å². The second-order valence-electron chi connectivity index (χ2n) is 7.64. The van der Waals surface area contributed by atoms with Gasteiger partial charge in [-0.1, -0.05) is 13.8 Å². The minimum absolute atomic E-state index is 0.138. The molecular weight excluding hydrogens is 314 g/mol. The van der Waals surface area contributed by atoms with Gasteiger partial charge in [-0.2, -0.15) is 0 Å². The summed E-state index contributed by atoms with van der Waals surface area (Å²) in [7, 11) is 1.71. The van der Waals surface area contributed by atoms with Crippen LogP contribution >= 0.6 is 0 Å². The van der Waals surface area contributed by atoms with Crippen molar-refractivity contribution in [3.8, 4) is 5.75 Å². The van der Waals surface area contributed by atoms with Crippen LogP contribution in [0.2, 0.25) is 0 Å². The zero-order valence-corrected chi connectivity index (χ0v) is 16.6. The number of piperidine rings is 1. The number of carbonyl (C=O) groups excluding carboxylic acids is 1. The van der Waals surface area contributed by atoms with Gasteiger partial charge in [0, 0.05) is 35.8 Å². The van der Waals surface area contributed by atoms with Crippen LogP contribution in [0.5, 0.6) is 5.75 Å². The summed E-state index contributed by atoms with van der Waals surface area (Å²) in [4.78, 5) is 19.4. The molecule has 2 heterocycles. The number of amides is 1. The van der Waals surface area contributed by atoms with E-state index in [1.54, 1.807) is 7.11 Å². The van der Waals surface area contributed by atoms with E-state index < -0.39 is 0 Å². The van der Waals surface area contributed by atoms with Gasteiger partial charge in [0.1, 0.15) is 5.75 Å². The summed E-state index contributed by atoms with van der Waals surface area (Å²) >= 11 is 0. The molecule has 1 N–H and O–H groups in total. The number of carbonyl (C=O) groups is 1. The van der Waals surface area contributed by atoms with E-state index in [4.69, 9.17) is 4.74 Å². The fourth-order valence-electron chi connectivity index (χ4n) is 3.30. The summed E-state index contributed by atoms with van der Waals surface area (Å²) in [6.07, 6.45) is 3.71. The third-order valence-electron chi connectivity index (χ3n) is 5.45. The van der Waals surface area contributed by atoms with Gasteiger partial charge >= 0.3 is 0 Å². The molecule has 25 heavy (non-hydrogen) atoms. The van der Waals surface area contributed by atoms with Gasteiger partial charge in [-0.3, -0.25) is 14.7 Å². The molecule has 0 aliphatic carbocycles. The normalized spacial score (nSPS) is 17.6.